The molecule has 0 radical (unpaired) electrons. The van der Waals surface area contributed by atoms with Crippen molar-refractivity contribution in [3.05, 3.63) is 65.5 Å². The smallest absolute Gasteiger partial charge is 0.407 e. The number of aliphatic hydroxyl groups excluding tert-OH is 1. The summed E-state index contributed by atoms with van der Waals surface area (Å²) in [5.41, 5.74) is 2.81. The van der Waals surface area contributed by atoms with Crippen LogP contribution in [0.4, 0.5) is 4.79 Å². The van der Waals surface area contributed by atoms with Crippen molar-refractivity contribution in [2.24, 2.45) is 5.92 Å². The number of aryl methyl sites for hydroxylation is 1. The van der Waals surface area contributed by atoms with Crippen molar-refractivity contribution >= 4 is 17.9 Å². The van der Waals surface area contributed by atoms with E-state index in [0.717, 1.165) is 36.1 Å². The second-order valence-electron chi connectivity index (χ2n) is 10.3. The van der Waals surface area contributed by atoms with Gasteiger partial charge in [-0.05, 0) is 55.2 Å². The Kier molecular flexibility index (Phi) is 11.1. The van der Waals surface area contributed by atoms with Crippen molar-refractivity contribution in [2.75, 3.05) is 6.61 Å². The summed E-state index contributed by atoms with van der Waals surface area (Å²) in [5, 5.41) is 19.1. The third kappa shape index (κ3) is 9.78. The van der Waals surface area contributed by atoms with Crippen molar-refractivity contribution in [1.82, 2.24) is 20.9 Å². The molecule has 3 amide bonds. The van der Waals surface area contributed by atoms with Crippen LogP contribution < -0.4 is 16.0 Å². The molecule has 4 N–H and O–H groups in total. The number of carbonyl (C=O) groups excluding carboxylic acids is 3. The van der Waals surface area contributed by atoms with Gasteiger partial charge in [0.25, 0.3) is 5.91 Å². The maximum absolute atomic E-state index is 13.3. The van der Waals surface area contributed by atoms with E-state index in [1.54, 1.807) is 0 Å². The monoisotopic (exact) mass is 524 g/mol. The van der Waals surface area contributed by atoms with Crippen LogP contribution in [0.2, 0.25) is 0 Å². The van der Waals surface area contributed by atoms with Gasteiger partial charge in [0, 0.05) is 24.4 Å². The van der Waals surface area contributed by atoms with Gasteiger partial charge in [-0.15, -0.1) is 0 Å². The molecule has 38 heavy (non-hydrogen) atoms. The van der Waals surface area contributed by atoms with Crippen molar-refractivity contribution in [3.8, 4) is 0 Å². The molecular formula is C29H40N4O5. The third-order valence-electron chi connectivity index (χ3n) is 6.40. The topological polar surface area (TPSA) is 130 Å². The van der Waals surface area contributed by atoms with E-state index in [-0.39, 0.29) is 25.0 Å². The summed E-state index contributed by atoms with van der Waals surface area (Å²) in [6.45, 7) is 6.06. The van der Waals surface area contributed by atoms with Gasteiger partial charge >= 0.3 is 6.09 Å². The van der Waals surface area contributed by atoms with Crippen LogP contribution in [-0.2, 0) is 33.6 Å². The zero-order valence-electron chi connectivity index (χ0n) is 22.5. The zero-order chi connectivity index (χ0) is 27.5. The maximum atomic E-state index is 13.3. The van der Waals surface area contributed by atoms with Crippen LogP contribution in [0.3, 0.4) is 0 Å². The van der Waals surface area contributed by atoms with Gasteiger partial charge < -0.3 is 25.8 Å². The maximum Gasteiger partial charge on any atom is 0.407 e. The molecule has 1 saturated carbocycles. The number of hydrogen-bond donors (Lipinski definition) is 4. The second-order valence-corrected chi connectivity index (χ2v) is 10.3. The lowest BCUT2D eigenvalue weighted by Gasteiger charge is -2.27. The number of rotatable bonds is 14. The first kappa shape index (κ1) is 29.1. The lowest BCUT2D eigenvalue weighted by atomic mass is 9.98. The summed E-state index contributed by atoms with van der Waals surface area (Å²) in [7, 11) is 0. The first-order chi connectivity index (χ1) is 18.2. The zero-order valence-corrected chi connectivity index (χ0v) is 22.5. The molecule has 2 aromatic rings. The summed E-state index contributed by atoms with van der Waals surface area (Å²) in [6.07, 6.45) is 3.43. The number of aromatic nitrogens is 1. The number of pyridine rings is 1. The molecule has 0 spiro atoms. The molecule has 1 aliphatic carbocycles. The molecule has 3 atom stereocenters. The van der Waals surface area contributed by atoms with Gasteiger partial charge in [0.05, 0.1) is 12.6 Å². The molecule has 0 aliphatic heterocycles. The Morgan fingerprint density at radius 3 is 2.37 bits per heavy atom. The fourth-order valence-electron chi connectivity index (χ4n) is 4.04. The molecule has 3 rings (SSSR count). The number of nitrogens with zero attached hydrogens (tertiary/aromatic N) is 1. The van der Waals surface area contributed by atoms with E-state index < -0.39 is 36.1 Å². The van der Waals surface area contributed by atoms with E-state index in [1.807, 2.05) is 62.5 Å². The molecule has 206 valence electrons. The lowest BCUT2D eigenvalue weighted by molar-refractivity contribution is -0.132. The van der Waals surface area contributed by atoms with E-state index in [4.69, 9.17) is 4.74 Å². The molecule has 0 bridgehead atoms. The van der Waals surface area contributed by atoms with E-state index in [2.05, 4.69) is 27.9 Å². The van der Waals surface area contributed by atoms with Crippen LogP contribution in [0.5, 0.6) is 0 Å². The number of benzene rings is 1. The molecule has 1 aromatic heterocycles. The van der Waals surface area contributed by atoms with Crippen LogP contribution in [0, 0.1) is 5.92 Å². The van der Waals surface area contributed by atoms with Crippen molar-refractivity contribution in [3.63, 3.8) is 0 Å². The molecule has 9 nitrogen and oxygen atoms in total. The van der Waals surface area contributed by atoms with Crippen LogP contribution in [-0.4, -0.2) is 58.8 Å². The molecule has 1 fully saturated rings. The van der Waals surface area contributed by atoms with Gasteiger partial charge in [-0.3, -0.25) is 14.6 Å². The van der Waals surface area contributed by atoms with E-state index in [9.17, 15) is 19.5 Å². The Balaban J connectivity index is 1.60. The van der Waals surface area contributed by atoms with Crippen LogP contribution in [0.25, 0.3) is 0 Å². The van der Waals surface area contributed by atoms with Crippen LogP contribution >= 0.6 is 0 Å². The predicted octanol–water partition coefficient (Wildman–Crippen LogP) is 2.69. The highest BCUT2D eigenvalue weighted by atomic mass is 16.5. The van der Waals surface area contributed by atoms with Gasteiger partial charge in [0.1, 0.15) is 6.04 Å². The average Bonchev–Trinajstić information content (AvgIpc) is 3.72. The quantitative estimate of drug-likeness (QED) is 0.301. The first-order valence-corrected chi connectivity index (χ1v) is 13.4. The standard InChI is InChI=1S/C29H40N4O5/c1-4-20-10-11-22(30-18-20)14-15-38-29(37)33-25(16-19(2)3)27(35)32-24(17-21-8-6-5-7-9-21)26(34)28(36)31-23-12-13-23/h5-11,18-19,23-26,34H,4,12-17H2,1-3H3,(H,31,36)(H,32,35)(H,33,37)/t24-,25-,26?/m0/s1. The van der Waals surface area contributed by atoms with E-state index in [0.29, 0.717) is 12.8 Å². The first-order valence-electron chi connectivity index (χ1n) is 13.4. The minimum atomic E-state index is -1.43. The predicted molar refractivity (Wildman–Crippen MR) is 144 cm³/mol. The summed E-state index contributed by atoms with van der Waals surface area (Å²) < 4.78 is 5.32. The molecule has 1 heterocycles. The van der Waals surface area contributed by atoms with Gasteiger partial charge in [0.2, 0.25) is 5.91 Å². The molecule has 1 unspecified atom stereocenters. The minimum Gasteiger partial charge on any atom is -0.449 e. The minimum absolute atomic E-state index is 0.0788. The van der Waals surface area contributed by atoms with E-state index in [1.165, 1.54) is 0 Å². The fraction of sp³-hybridized carbons (Fsp3) is 0.517. The van der Waals surface area contributed by atoms with Gasteiger partial charge in [-0.1, -0.05) is 57.2 Å². The second kappa shape index (κ2) is 14.5. The highest BCUT2D eigenvalue weighted by molar-refractivity contribution is 5.87. The van der Waals surface area contributed by atoms with Crippen molar-refractivity contribution in [2.45, 2.75) is 83.5 Å². The molecule has 1 aromatic carbocycles. The molecule has 9 heteroatoms. The lowest BCUT2D eigenvalue weighted by Crippen LogP contribution is -2.56. The van der Waals surface area contributed by atoms with E-state index >= 15 is 0 Å². The Hall–Kier alpha value is -3.46. The van der Waals surface area contributed by atoms with Crippen molar-refractivity contribution in [1.29, 1.82) is 0 Å². The number of aliphatic hydroxyl groups is 1. The number of nitrogens with one attached hydrogen (secondary N) is 3. The normalized spacial score (nSPS) is 15.3. The number of alkyl carbamates (subject to hydrolysis) is 1. The number of amides is 3. The Morgan fingerprint density at radius 1 is 1.03 bits per heavy atom. The van der Waals surface area contributed by atoms with Crippen molar-refractivity contribution < 1.29 is 24.2 Å². The van der Waals surface area contributed by atoms with Gasteiger partial charge in [-0.25, -0.2) is 4.79 Å². The van der Waals surface area contributed by atoms with Gasteiger partial charge in [-0.2, -0.15) is 0 Å². The highest BCUT2D eigenvalue weighted by Crippen LogP contribution is 2.19. The SMILES string of the molecule is CCc1ccc(CCOC(=O)N[C@@H](CC(C)C)C(=O)N[C@@H](Cc2ccccc2)C(O)C(=O)NC2CC2)nc1. The average molecular weight is 525 g/mol. The summed E-state index contributed by atoms with van der Waals surface area (Å²) in [6, 6.07) is 11.6. The van der Waals surface area contributed by atoms with Crippen LogP contribution in [0.15, 0.2) is 48.7 Å². The molecule has 1 aliphatic rings. The largest absolute Gasteiger partial charge is 0.449 e. The third-order valence-corrected chi connectivity index (χ3v) is 6.40. The Morgan fingerprint density at radius 2 is 1.76 bits per heavy atom. The Labute approximate surface area is 224 Å². The summed E-state index contributed by atoms with van der Waals surface area (Å²) in [4.78, 5) is 42.8. The number of hydrogen-bond acceptors (Lipinski definition) is 6. The van der Waals surface area contributed by atoms with Gasteiger partial charge in [0.15, 0.2) is 6.10 Å². The highest BCUT2D eigenvalue weighted by Gasteiger charge is 2.34. The number of carbonyl (C=O) groups is 3. The number of ether oxygens (including phenoxy) is 1. The summed E-state index contributed by atoms with van der Waals surface area (Å²) >= 11 is 0. The molecular weight excluding hydrogens is 484 g/mol. The fourth-order valence-corrected chi connectivity index (χ4v) is 4.04. The molecule has 0 saturated heterocycles. The Bertz CT molecular complexity index is 1040. The summed E-state index contributed by atoms with van der Waals surface area (Å²) in [5.74, 6) is -0.892. The van der Waals surface area contributed by atoms with Crippen LogP contribution in [0.1, 0.15) is 56.9 Å².